The van der Waals surface area contributed by atoms with Crippen LogP contribution in [0.3, 0.4) is 0 Å². The third-order valence-electron chi connectivity index (χ3n) is 4.30. The predicted octanol–water partition coefficient (Wildman–Crippen LogP) is 3.25. The Morgan fingerprint density at radius 3 is 2.33 bits per heavy atom. The highest BCUT2D eigenvalue weighted by Gasteiger charge is 2.13. The van der Waals surface area contributed by atoms with Crippen molar-refractivity contribution in [3.63, 3.8) is 0 Å². The monoisotopic (exact) mass is 365 g/mol. The van der Waals surface area contributed by atoms with Crippen LogP contribution in [-0.2, 0) is 4.79 Å². The van der Waals surface area contributed by atoms with Gasteiger partial charge in [-0.1, -0.05) is 24.6 Å². The van der Waals surface area contributed by atoms with E-state index < -0.39 is 0 Å². The normalized spacial score (nSPS) is 14.8. The first-order valence-electron chi connectivity index (χ1n) is 9.12. The summed E-state index contributed by atoms with van der Waals surface area (Å²) in [7, 11) is 0. The van der Waals surface area contributed by atoms with Gasteiger partial charge in [-0.05, 0) is 62.3 Å². The van der Waals surface area contributed by atoms with Gasteiger partial charge < -0.3 is 4.74 Å². The van der Waals surface area contributed by atoms with Gasteiger partial charge in [0.05, 0.1) is 12.8 Å². The Balaban J connectivity index is 1.47. The fourth-order valence-electron chi connectivity index (χ4n) is 2.91. The van der Waals surface area contributed by atoms with Crippen LogP contribution in [0.4, 0.5) is 0 Å². The van der Waals surface area contributed by atoms with E-state index in [4.69, 9.17) is 4.74 Å². The number of ketones is 1. The van der Waals surface area contributed by atoms with Crippen LogP contribution >= 0.6 is 0 Å². The molecule has 1 N–H and O–H groups in total. The van der Waals surface area contributed by atoms with Crippen LogP contribution in [-0.4, -0.2) is 42.4 Å². The maximum atomic E-state index is 12.1. The molecule has 0 saturated carbocycles. The van der Waals surface area contributed by atoms with Gasteiger partial charge in [0.1, 0.15) is 11.5 Å². The lowest BCUT2D eigenvalue weighted by Gasteiger charge is -2.25. The van der Waals surface area contributed by atoms with Crippen molar-refractivity contribution in [3.8, 4) is 11.5 Å². The summed E-state index contributed by atoms with van der Waals surface area (Å²) >= 11 is 0. The Labute approximate surface area is 158 Å². The molecule has 6 nitrogen and oxygen atoms in total. The van der Waals surface area contributed by atoms with Gasteiger partial charge in [0.2, 0.25) is 5.78 Å². The molecule has 3 rings (SSSR count). The van der Waals surface area contributed by atoms with Crippen LogP contribution in [0.2, 0.25) is 0 Å². The Morgan fingerprint density at radius 1 is 0.963 bits per heavy atom. The molecular weight excluding hydrogens is 342 g/mol. The SMILES string of the molecule is O=C(CN1CCCCC1)N/N=C/C(=O)c1ccc(Oc2ccccc2)cc1. The van der Waals surface area contributed by atoms with E-state index >= 15 is 0 Å². The summed E-state index contributed by atoms with van der Waals surface area (Å²) in [6.45, 7) is 2.19. The van der Waals surface area contributed by atoms with Gasteiger partial charge in [0.25, 0.3) is 5.91 Å². The Kier molecular flexibility index (Phi) is 6.71. The molecular formula is C21H23N3O3. The molecule has 0 unspecified atom stereocenters. The number of nitrogens with zero attached hydrogens (tertiary/aromatic N) is 2. The van der Waals surface area contributed by atoms with Crippen LogP contribution in [0.15, 0.2) is 59.7 Å². The van der Waals surface area contributed by atoms with E-state index in [1.807, 2.05) is 30.3 Å². The summed E-state index contributed by atoms with van der Waals surface area (Å²) in [5.74, 6) is 0.895. The fourth-order valence-corrected chi connectivity index (χ4v) is 2.91. The number of likely N-dealkylation sites (tertiary alicyclic amines) is 1. The molecule has 6 heteroatoms. The number of piperidine rings is 1. The Morgan fingerprint density at radius 2 is 1.63 bits per heavy atom. The maximum Gasteiger partial charge on any atom is 0.254 e. The predicted molar refractivity (Wildman–Crippen MR) is 104 cm³/mol. The van der Waals surface area contributed by atoms with Crippen molar-refractivity contribution in [3.05, 3.63) is 60.2 Å². The van der Waals surface area contributed by atoms with Crippen molar-refractivity contribution in [1.82, 2.24) is 10.3 Å². The summed E-state index contributed by atoms with van der Waals surface area (Å²) in [5.41, 5.74) is 2.89. The molecule has 2 aromatic carbocycles. The van der Waals surface area contributed by atoms with Gasteiger partial charge in [-0.3, -0.25) is 14.5 Å². The highest BCUT2D eigenvalue weighted by Crippen LogP contribution is 2.21. The second kappa shape index (κ2) is 9.64. The van der Waals surface area contributed by atoms with E-state index in [-0.39, 0.29) is 11.7 Å². The largest absolute Gasteiger partial charge is 0.457 e. The van der Waals surface area contributed by atoms with Crippen molar-refractivity contribution in [2.24, 2.45) is 5.10 Å². The number of hydrogen-bond donors (Lipinski definition) is 1. The molecule has 1 heterocycles. The average molecular weight is 365 g/mol. The number of benzene rings is 2. The van der Waals surface area contributed by atoms with Crippen molar-refractivity contribution in [2.45, 2.75) is 19.3 Å². The highest BCUT2D eigenvalue weighted by atomic mass is 16.5. The molecule has 27 heavy (non-hydrogen) atoms. The highest BCUT2D eigenvalue weighted by molar-refractivity contribution is 6.35. The Hall–Kier alpha value is -2.99. The fraction of sp³-hybridized carbons (Fsp3) is 0.286. The number of carbonyl (C=O) groups excluding carboxylic acids is 2. The summed E-state index contributed by atoms with van der Waals surface area (Å²) in [5, 5.41) is 3.77. The van der Waals surface area contributed by atoms with Gasteiger partial charge in [0.15, 0.2) is 0 Å². The minimum Gasteiger partial charge on any atom is -0.457 e. The molecule has 0 atom stereocenters. The van der Waals surface area contributed by atoms with E-state index in [1.165, 1.54) is 6.42 Å². The second-order valence-corrected chi connectivity index (χ2v) is 6.43. The lowest BCUT2D eigenvalue weighted by Crippen LogP contribution is -2.38. The smallest absolute Gasteiger partial charge is 0.254 e. The van der Waals surface area contributed by atoms with Gasteiger partial charge in [0, 0.05) is 5.56 Å². The second-order valence-electron chi connectivity index (χ2n) is 6.43. The minimum atomic E-state index is -0.278. The number of carbonyl (C=O) groups is 2. The number of Topliss-reactive ketones (excluding diaryl/α,β-unsaturated/α-hetero) is 1. The van der Waals surface area contributed by atoms with E-state index in [0.717, 1.165) is 37.9 Å². The molecule has 1 fully saturated rings. The first kappa shape index (κ1) is 18.8. The molecule has 1 aliphatic heterocycles. The zero-order valence-corrected chi connectivity index (χ0v) is 15.1. The quantitative estimate of drug-likeness (QED) is 0.464. The topological polar surface area (TPSA) is 71.0 Å². The summed E-state index contributed by atoms with van der Waals surface area (Å²) in [6, 6.07) is 16.2. The molecule has 0 aliphatic carbocycles. The molecule has 0 bridgehead atoms. The third-order valence-corrected chi connectivity index (χ3v) is 4.30. The standard InChI is InChI=1S/C21H23N3O3/c25-20(15-22-23-21(26)16-24-13-5-2-6-14-24)17-9-11-19(12-10-17)27-18-7-3-1-4-8-18/h1,3-4,7-12,15H,2,5-6,13-14,16H2,(H,23,26)/b22-15+. The molecule has 1 aliphatic rings. The number of rotatable bonds is 7. The number of ether oxygens (including phenoxy) is 1. The zero-order valence-electron chi connectivity index (χ0n) is 15.1. The van der Waals surface area contributed by atoms with Crippen LogP contribution in [0.25, 0.3) is 0 Å². The molecule has 0 aromatic heterocycles. The van der Waals surface area contributed by atoms with Crippen molar-refractivity contribution in [2.75, 3.05) is 19.6 Å². The van der Waals surface area contributed by atoms with Gasteiger partial charge in [-0.15, -0.1) is 0 Å². The van der Waals surface area contributed by atoms with E-state index in [2.05, 4.69) is 15.4 Å². The average Bonchev–Trinajstić information content (AvgIpc) is 2.70. The molecule has 2 aromatic rings. The van der Waals surface area contributed by atoms with E-state index in [1.54, 1.807) is 24.3 Å². The molecule has 0 radical (unpaired) electrons. The first-order chi connectivity index (χ1) is 13.2. The van der Waals surface area contributed by atoms with E-state index in [0.29, 0.717) is 17.9 Å². The van der Waals surface area contributed by atoms with Crippen molar-refractivity contribution < 1.29 is 14.3 Å². The molecule has 1 amide bonds. The maximum absolute atomic E-state index is 12.1. The van der Waals surface area contributed by atoms with Gasteiger partial charge in [-0.2, -0.15) is 5.10 Å². The number of hydrogen-bond acceptors (Lipinski definition) is 5. The lowest BCUT2D eigenvalue weighted by atomic mass is 10.1. The zero-order chi connectivity index (χ0) is 18.9. The van der Waals surface area contributed by atoms with Crippen LogP contribution in [0.1, 0.15) is 29.6 Å². The Bertz CT molecular complexity index is 782. The van der Waals surface area contributed by atoms with Crippen LogP contribution in [0.5, 0.6) is 11.5 Å². The van der Waals surface area contributed by atoms with Gasteiger partial charge in [-0.25, -0.2) is 5.43 Å². The van der Waals surface area contributed by atoms with E-state index in [9.17, 15) is 9.59 Å². The number of nitrogens with one attached hydrogen (secondary N) is 1. The molecule has 140 valence electrons. The summed E-state index contributed by atoms with van der Waals surface area (Å²) in [6.07, 6.45) is 4.60. The van der Waals surface area contributed by atoms with Crippen LogP contribution in [0, 0.1) is 0 Å². The number of para-hydroxylation sites is 1. The number of amides is 1. The van der Waals surface area contributed by atoms with Gasteiger partial charge >= 0.3 is 0 Å². The number of hydrazone groups is 1. The molecule has 0 spiro atoms. The summed E-state index contributed by atoms with van der Waals surface area (Å²) in [4.78, 5) is 26.1. The summed E-state index contributed by atoms with van der Waals surface area (Å²) < 4.78 is 5.69. The van der Waals surface area contributed by atoms with Crippen molar-refractivity contribution in [1.29, 1.82) is 0 Å². The van der Waals surface area contributed by atoms with Crippen molar-refractivity contribution >= 4 is 17.9 Å². The van der Waals surface area contributed by atoms with Crippen LogP contribution < -0.4 is 10.2 Å². The first-order valence-corrected chi connectivity index (χ1v) is 9.12. The minimum absolute atomic E-state index is 0.201. The molecule has 1 saturated heterocycles. The third kappa shape index (κ3) is 6.04. The lowest BCUT2D eigenvalue weighted by molar-refractivity contribution is -0.122.